The van der Waals surface area contributed by atoms with Crippen LogP contribution in [0.1, 0.15) is 121 Å². The molecule has 0 radical (unpaired) electrons. The van der Waals surface area contributed by atoms with Crippen molar-refractivity contribution in [2.45, 2.75) is 107 Å². The first-order chi connectivity index (χ1) is 38.8. The summed E-state index contributed by atoms with van der Waals surface area (Å²) >= 11 is 0. The summed E-state index contributed by atoms with van der Waals surface area (Å²) in [7, 11) is 0. The van der Waals surface area contributed by atoms with Crippen molar-refractivity contribution in [3.8, 4) is 44.8 Å². The lowest BCUT2D eigenvalue weighted by Gasteiger charge is -2.45. The predicted octanol–water partition coefficient (Wildman–Crippen LogP) is 18.2. The molecule has 0 saturated heterocycles. The Morgan fingerprint density at radius 3 is 1.49 bits per heavy atom. The van der Waals surface area contributed by atoms with Crippen molar-refractivity contribution in [1.29, 1.82) is 0 Å². The van der Waals surface area contributed by atoms with Crippen molar-refractivity contribution >= 4 is 77.5 Å². The summed E-state index contributed by atoms with van der Waals surface area (Å²) in [6.45, 7) is 26.4. The van der Waals surface area contributed by atoms with Crippen LogP contribution in [0.15, 0.2) is 176 Å². The van der Waals surface area contributed by atoms with Gasteiger partial charge in [0.15, 0.2) is 0 Å². The quantitative estimate of drug-likeness (QED) is 0.141. The van der Waals surface area contributed by atoms with Gasteiger partial charge in [-0.25, -0.2) is 0 Å². The Bertz CT molecular complexity index is 4680. The molecule has 0 N–H and O–H groups in total. The highest BCUT2D eigenvalue weighted by molar-refractivity contribution is 7.00. The third kappa shape index (κ3) is 6.94. The highest BCUT2D eigenvalue weighted by Crippen LogP contribution is 2.63. The zero-order valence-corrected chi connectivity index (χ0v) is 49.1. The standard InChI is InChI=1S/C78H71BN2/c1-45(2)33-46-29-32-68-57(34-46)58-36-48(43-76(6,7)8)39-66-71(58)80(68)73-61(54-31-30-51(50-21-13-12-14-22-50)52-23-15-16-24-53(52)54)41-65-74-69(73)79(66)67-40-49(44-77(9,10)11)37-60-59-35-47(42-75(3,4)5)38-64(70(59)81(74)72(60)67)78(65)62-27-19-17-25-55(62)56-26-18-20-28-63(56)78/h12-32,34-41,45H,33,42-44H2,1-11H3. The van der Waals surface area contributed by atoms with Crippen LogP contribution in [0.3, 0.4) is 0 Å². The van der Waals surface area contributed by atoms with Gasteiger partial charge < -0.3 is 9.13 Å². The average molecular weight is 1050 g/mol. The van der Waals surface area contributed by atoms with E-state index in [-0.39, 0.29) is 23.0 Å². The molecule has 10 aromatic carbocycles. The van der Waals surface area contributed by atoms with Gasteiger partial charge in [0.25, 0.3) is 6.71 Å². The molecule has 4 aliphatic rings. The van der Waals surface area contributed by atoms with Gasteiger partial charge >= 0.3 is 0 Å². The van der Waals surface area contributed by atoms with Crippen LogP contribution in [0.2, 0.25) is 0 Å². The second kappa shape index (κ2) is 16.6. The van der Waals surface area contributed by atoms with Gasteiger partial charge in [-0.1, -0.05) is 216 Å². The zero-order chi connectivity index (χ0) is 55.4. The van der Waals surface area contributed by atoms with E-state index >= 15 is 0 Å². The molecule has 3 heteroatoms. The molecule has 12 aromatic rings. The van der Waals surface area contributed by atoms with Gasteiger partial charge in [0.2, 0.25) is 0 Å². The van der Waals surface area contributed by atoms with Crippen LogP contribution in [0.5, 0.6) is 0 Å². The molecule has 0 saturated carbocycles. The largest absolute Gasteiger partial charge is 0.310 e. The Labute approximate surface area is 478 Å². The molecule has 81 heavy (non-hydrogen) atoms. The second-order valence-electron chi connectivity index (χ2n) is 29.0. The summed E-state index contributed by atoms with van der Waals surface area (Å²) in [6, 6.07) is 70.3. The zero-order valence-electron chi connectivity index (χ0n) is 49.1. The Kier molecular flexibility index (Phi) is 10.1. The first-order valence-electron chi connectivity index (χ1n) is 30.1. The van der Waals surface area contributed by atoms with Gasteiger partial charge in [-0.05, 0) is 184 Å². The molecule has 1 aliphatic carbocycles. The Balaban J connectivity index is 1.18. The van der Waals surface area contributed by atoms with Crippen molar-refractivity contribution in [3.63, 3.8) is 0 Å². The number of fused-ring (bicyclic) bond motifs is 15. The number of aromatic nitrogens is 2. The molecule has 2 aromatic heterocycles. The fourth-order valence-electron chi connectivity index (χ4n) is 16.4. The van der Waals surface area contributed by atoms with Crippen molar-refractivity contribution < 1.29 is 0 Å². The minimum atomic E-state index is -0.632. The highest BCUT2D eigenvalue weighted by atomic mass is 15.1. The fraction of sp³-hybridized carbons (Fsp3) is 0.256. The molecule has 0 amide bonds. The van der Waals surface area contributed by atoms with E-state index in [9.17, 15) is 0 Å². The van der Waals surface area contributed by atoms with Crippen molar-refractivity contribution in [1.82, 2.24) is 9.13 Å². The van der Waals surface area contributed by atoms with E-state index in [1.165, 1.54) is 160 Å². The molecule has 0 unspecified atom stereocenters. The van der Waals surface area contributed by atoms with E-state index in [2.05, 4.69) is 261 Å². The summed E-state index contributed by atoms with van der Waals surface area (Å²) in [5, 5.41) is 8.07. The predicted molar refractivity (Wildman–Crippen MR) is 347 cm³/mol. The lowest BCUT2D eigenvalue weighted by molar-refractivity contribution is 0.411. The van der Waals surface area contributed by atoms with Crippen LogP contribution in [0.25, 0.3) is 99.1 Å². The first kappa shape index (κ1) is 49.0. The molecule has 396 valence electrons. The number of benzene rings is 10. The summed E-state index contributed by atoms with van der Waals surface area (Å²) < 4.78 is 5.62. The van der Waals surface area contributed by atoms with Crippen LogP contribution < -0.4 is 16.4 Å². The van der Waals surface area contributed by atoms with Crippen LogP contribution >= 0.6 is 0 Å². The topological polar surface area (TPSA) is 9.86 Å². The van der Waals surface area contributed by atoms with E-state index < -0.39 is 5.41 Å². The summed E-state index contributed by atoms with van der Waals surface area (Å²) in [5.41, 5.74) is 31.0. The van der Waals surface area contributed by atoms with E-state index in [4.69, 9.17) is 0 Å². The minimum Gasteiger partial charge on any atom is -0.310 e. The van der Waals surface area contributed by atoms with Crippen molar-refractivity contribution in [3.05, 3.63) is 220 Å². The number of hydrogen-bond donors (Lipinski definition) is 0. The molecule has 0 fully saturated rings. The maximum Gasteiger partial charge on any atom is 0.252 e. The molecule has 3 aliphatic heterocycles. The van der Waals surface area contributed by atoms with Crippen LogP contribution in [-0.2, 0) is 31.1 Å². The second-order valence-corrected chi connectivity index (χ2v) is 29.0. The lowest BCUT2D eigenvalue weighted by Crippen LogP contribution is -2.61. The van der Waals surface area contributed by atoms with Gasteiger partial charge in [-0.2, -0.15) is 0 Å². The van der Waals surface area contributed by atoms with Crippen LogP contribution in [0, 0.1) is 22.2 Å². The van der Waals surface area contributed by atoms with E-state index in [1.54, 1.807) is 0 Å². The van der Waals surface area contributed by atoms with Crippen molar-refractivity contribution in [2.24, 2.45) is 22.2 Å². The summed E-state index contributed by atoms with van der Waals surface area (Å²) in [6.07, 6.45) is 3.99. The first-order valence-corrected chi connectivity index (χ1v) is 30.1. The Morgan fingerprint density at radius 1 is 0.383 bits per heavy atom. The molecule has 5 heterocycles. The monoisotopic (exact) mass is 1050 g/mol. The Hall–Kier alpha value is -7.88. The molecular weight excluding hydrogens is 976 g/mol. The summed E-state index contributed by atoms with van der Waals surface area (Å²) in [4.78, 5) is 0. The van der Waals surface area contributed by atoms with Gasteiger partial charge in [0, 0.05) is 43.8 Å². The lowest BCUT2D eigenvalue weighted by atomic mass is 9.33. The molecular formula is C78H71BN2. The molecule has 0 atom stereocenters. The maximum atomic E-state index is 2.84. The highest BCUT2D eigenvalue weighted by Gasteiger charge is 2.55. The van der Waals surface area contributed by atoms with Crippen LogP contribution in [-0.4, -0.2) is 15.8 Å². The van der Waals surface area contributed by atoms with Gasteiger partial charge in [0.1, 0.15) is 0 Å². The normalized spacial score (nSPS) is 14.5. The van der Waals surface area contributed by atoms with Crippen LogP contribution in [0.4, 0.5) is 0 Å². The third-order valence-corrected chi connectivity index (χ3v) is 18.7. The van der Waals surface area contributed by atoms with E-state index in [0.717, 1.165) is 25.7 Å². The SMILES string of the molecule is CC(C)Cc1ccc2c(c1)c1cc(CC(C)(C)C)cc3c1n2-c1c(-c2ccc(-c4ccccc4)c4ccccc24)cc2c4c1B3c1cc(CC(C)(C)C)cc3c5cc(CC(C)(C)C)cc(c5n-4c13)C21c2ccccc2-c2ccccc21. The van der Waals surface area contributed by atoms with Gasteiger partial charge in [-0.3, -0.25) is 0 Å². The van der Waals surface area contributed by atoms with E-state index in [1.807, 2.05) is 0 Å². The number of hydrogen-bond acceptors (Lipinski definition) is 0. The molecule has 16 rings (SSSR count). The number of nitrogens with zero attached hydrogens (tertiary/aromatic N) is 2. The average Bonchev–Trinajstić information content (AvgIpc) is 3.41. The third-order valence-electron chi connectivity index (χ3n) is 18.7. The van der Waals surface area contributed by atoms with Gasteiger partial charge in [-0.15, -0.1) is 0 Å². The minimum absolute atomic E-state index is 0.0447. The fourth-order valence-corrected chi connectivity index (χ4v) is 16.4. The smallest absolute Gasteiger partial charge is 0.252 e. The molecule has 0 bridgehead atoms. The Morgan fingerprint density at radius 2 is 0.889 bits per heavy atom. The number of rotatable bonds is 7. The maximum absolute atomic E-state index is 2.84. The van der Waals surface area contributed by atoms with Crippen molar-refractivity contribution in [2.75, 3.05) is 0 Å². The van der Waals surface area contributed by atoms with Gasteiger partial charge in [0.05, 0.1) is 22.1 Å². The molecule has 1 spiro atoms. The molecule has 2 nitrogen and oxygen atoms in total. The summed E-state index contributed by atoms with van der Waals surface area (Å²) in [5.74, 6) is 0.544. The van der Waals surface area contributed by atoms with E-state index in [0.29, 0.717) is 5.92 Å².